The molecular formula is C11H21NO5. The molecule has 1 aliphatic heterocycles. The van der Waals surface area contributed by atoms with Crippen LogP contribution in [0, 0.1) is 5.41 Å². The van der Waals surface area contributed by atoms with Crippen LogP contribution in [0.15, 0.2) is 0 Å². The summed E-state index contributed by atoms with van der Waals surface area (Å²) in [4.78, 5) is 11.2. The van der Waals surface area contributed by atoms with Crippen LogP contribution >= 0.6 is 0 Å². The van der Waals surface area contributed by atoms with Crippen LogP contribution in [-0.2, 0) is 14.3 Å². The van der Waals surface area contributed by atoms with Crippen LogP contribution in [0.4, 0.5) is 0 Å². The first kappa shape index (κ1) is 14.4. The number of nitrogens with one attached hydrogen (secondary N) is 1. The van der Waals surface area contributed by atoms with Gasteiger partial charge in [-0.1, -0.05) is 0 Å². The minimum atomic E-state index is -0.849. The van der Waals surface area contributed by atoms with E-state index in [4.69, 9.17) is 9.47 Å². The van der Waals surface area contributed by atoms with Gasteiger partial charge in [-0.05, 0) is 19.4 Å². The Morgan fingerprint density at radius 1 is 1.53 bits per heavy atom. The van der Waals surface area contributed by atoms with Gasteiger partial charge in [0.25, 0.3) is 0 Å². The second-order valence-corrected chi connectivity index (χ2v) is 4.44. The Bertz CT molecular complexity index is 240. The van der Waals surface area contributed by atoms with Gasteiger partial charge in [0.1, 0.15) is 0 Å². The molecule has 100 valence electrons. The average molecular weight is 247 g/mol. The van der Waals surface area contributed by atoms with Crippen LogP contribution in [0.25, 0.3) is 0 Å². The Hall–Kier alpha value is -0.690. The molecule has 0 aromatic heterocycles. The van der Waals surface area contributed by atoms with Crippen molar-refractivity contribution in [1.82, 2.24) is 5.32 Å². The van der Waals surface area contributed by atoms with Gasteiger partial charge in [0.15, 0.2) is 0 Å². The van der Waals surface area contributed by atoms with Gasteiger partial charge in [-0.3, -0.25) is 4.79 Å². The summed E-state index contributed by atoms with van der Waals surface area (Å²) in [5.74, 6) is -0.849. The van der Waals surface area contributed by atoms with E-state index in [0.29, 0.717) is 32.7 Å². The third-order valence-corrected chi connectivity index (χ3v) is 3.07. The molecule has 0 saturated carbocycles. The molecule has 0 bridgehead atoms. The van der Waals surface area contributed by atoms with Crippen molar-refractivity contribution in [3.8, 4) is 0 Å². The summed E-state index contributed by atoms with van der Waals surface area (Å²) >= 11 is 0. The van der Waals surface area contributed by atoms with Gasteiger partial charge in [0, 0.05) is 13.7 Å². The number of carboxylic acid groups (broad SMARTS) is 1. The maximum absolute atomic E-state index is 11.2. The molecule has 1 saturated heterocycles. The number of hydrogen-bond acceptors (Lipinski definition) is 5. The molecule has 0 spiro atoms. The van der Waals surface area contributed by atoms with E-state index >= 15 is 0 Å². The Labute approximate surface area is 101 Å². The summed E-state index contributed by atoms with van der Waals surface area (Å²) in [5, 5.41) is 22.0. The van der Waals surface area contributed by atoms with Gasteiger partial charge in [0.2, 0.25) is 0 Å². The van der Waals surface area contributed by atoms with E-state index < -0.39 is 17.5 Å². The number of aliphatic hydroxyl groups is 1. The molecule has 3 N–H and O–H groups in total. The summed E-state index contributed by atoms with van der Waals surface area (Å²) in [7, 11) is 1.57. The second-order valence-electron chi connectivity index (χ2n) is 4.44. The molecule has 1 rings (SSSR count). The molecule has 1 aliphatic rings. The molecule has 6 heteroatoms. The molecule has 1 fully saturated rings. The number of carbonyl (C=O) groups is 1. The number of methoxy groups -OCH3 is 1. The van der Waals surface area contributed by atoms with E-state index in [-0.39, 0.29) is 13.0 Å². The van der Waals surface area contributed by atoms with E-state index in [9.17, 15) is 15.0 Å². The number of aliphatic carboxylic acids is 1. The maximum atomic E-state index is 11.2. The van der Waals surface area contributed by atoms with E-state index in [2.05, 4.69) is 5.32 Å². The topological polar surface area (TPSA) is 88.0 Å². The first-order valence-electron chi connectivity index (χ1n) is 5.79. The van der Waals surface area contributed by atoms with Crippen molar-refractivity contribution in [3.63, 3.8) is 0 Å². The molecule has 6 nitrogen and oxygen atoms in total. The Balaban J connectivity index is 2.32. The Kier molecular flexibility index (Phi) is 5.84. The van der Waals surface area contributed by atoms with Gasteiger partial charge in [-0.2, -0.15) is 0 Å². The zero-order chi connectivity index (χ0) is 12.7. The molecule has 0 aromatic carbocycles. The Morgan fingerprint density at radius 2 is 2.29 bits per heavy atom. The van der Waals surface area contributed by atoms with Crippen LogP contribution in [0.5, 0.6) is 0 Å². The highest BCUT2D eigenvalue weighted by atomic mass is 16.5. The maximum Gasteiger partial charge on any atom is 0.311 e. The monoisotopic (exact) mass is 247 g/mol. The van der Waals surface area contributed by atoms with Gasteiger partial charge in [-0.15, -0.1) is 0 Å². The van der Waals surface area contributed by atoms with E-state index in [1.807, 2.05) is 0 Å². The predicted octanol–water partition coefficient (Wildman–Crippen LogP) is -0.535. The van der Waals surface area contributed by atoms with E-state index in [1.54, 1.807) is 7.11 Å². The van der Waals surface area contributed by atoms with Crippen LogP contribution in [0.3, 0.4) is 0 Å². The zero-order valence-corrected chi connectivity index (χ0v) is 10.1. The number of ether oxygens (including phenoxy) is 2. The van der Waals surface area contributed by atoms with Crippen molar-refractivity contribution < 1.29 is 24.5 Å². The lowest BCUT2D eigenvalue weighted by molar-refractivity contribution is -0.150. The second kappa shape index (κ2) is 6.90. The minimum Gasteiger partial charge on any atom is -0.481 e. The highest BCUT2D eigenvalue weighted by Gasteiger charge is 2.42. The Morgan fingerprint density at radius 3 is 2.82 bits per heavy atom. The molecule has 0 aromatic rings. The number of hydrogen-bond donors (Lipinski definition) is 3. The van der Waals surface area contributed by atoms with Crippen molar-refractivity contribution in [2.45, 2.75) is 18.9 Å². The van der Waals surface area contributed by atoms with Gasteiger partial charge in [-0.25, -0.2) is 0 Å². The van der Waals surface area contributed by atoms with Crippen molar-refractivity contribution in [2.75, 3.05) is 40.0 Å². The quantitative estimate of drug-likeness (QED) is 0.499. The van der Waals surface area contributed by atoms with Crippen molar-refractivity contribution in [1.29, 1.82) is 0 Å². The summed E-state index contributed by atoms with van der Waals surface area (Å²) in [6.45, 7) is 2.13. The molecule has 17 heavy (non-hydrogen) atoms. The highest BCUT2D eigenvalue weighted by molar-refractivity contribution is 5.75. The van der Waals surface area contributed by atoms with Crippen molar-refractivity contribution in [3.05, 3.63) is 0 Å². The van der Waals surface area contributed by atoms with Crippen LogP contribution < -0.4 is 5.32 Å². The first-order chi connectivity index (χ1) is 8.10. The lowest BCUT2D eigenvalue weighted by atomic mass is 9.81. The molecular weight excluding hydrogens is 226 g/mol. The lowest BCUT2D eigenvalue weighted by Crippen LogP contribution is -2.38. The third-order valence-electron chi connectivity index (χ3n) is 3.07. The van der Waals surface area contributed by atoms with Crippen molar-refractivity contribution in [2.24, 2.45) is 5.41 Å². The smallest absolute Gasteiger partial charge is 0.311 e. The van der Waals surface area contributed by atoms with Crippen molar-refractivity contribution >= 4 is 5.97 Å². The SMILES string of the molecule is COCCOCC(O)CC1(C(=O)O)CCNC1. The van der Waals surface area contributed by atoms with E-state index in [1.165, 1.54) is 0 Å². The number of rotatable bonds is 8. The fraction of sp³-hybridized carbons (Fsp3) is 0.909. The van der Waals surface area contributed by atoms with Crippen LogP contribution in [0.2, 0.25) is 0 Å². The van der Waals surface area contributed by atoms with E-state index in [0.717, 1.165) is 0 Å². The summed E-state index contributed by atoms with van der Waals surface area (Å²) < 4.78 is 9.99. The predicted molar refractivity (Wildman–Crippen MR) is 60.9 cm³/mol. The van der Waals surface area contributed by atoms with Crippen LogP contribution in [0.1, 0.15) is 12.8 Å². The van der Waals surface area contributed by atoms with Crippen LogP contribution in [-0.4, -0.2) is 62.3 Å². The summed E-state index contributed by atoms with van der Waals surface area (Å²) in [5.41, 5.74) is -0.843. The standard InChI is InChI=1S/C11H21NO5/c1-16-4-5-17-7-9(13)6-11(10(14)15)2-3-12-8-11/h9,12-13H,2-8H2,1H3,(H,14,15). The molecule has 0 radical (unpaired) electrons. The van der Waals surface area contributed by atoms with Gasteiger partial charge < -0.3 is 25.0 Å². The average Bonchev–Trinajstić information content (AvgIpc) is 2.74. The first-order valence-corrected chi connectivity index (χ1v) is 5.79. The van der Waals surface area contributed by atoms with Gasteiger partial charge in [0.05, 0.1) is 31.3 Å². The number of carboxylic acids is 1. The zero-order valence-electron chi connectivity index (χ0n) is 10.1. The number of aliphatic hydroxyl groups excluding tert-OH is 1. The van der Waals surface area contributed by atoms with Gasteiger partial charge >= 0.3 is 5.97 Å². The molecule has 1 heterocycles. The molecule has 0 aliphatic carbocycles. The normalized spacial score (nSPS) is 26.0. The summed E-state index contributed by atoms with van der Waals surface area (Å²) in [6, 6.07) is 0. The highest BCUT2D eigenvalue weighted by Crippen LogP contribution is 2.31. The molecule has 2 unspecified atom stereocenters. The minimum absolute atomic E-state index is 0.151. The molecule has 2 atom stereocenters. The largest absolute Gasteiger partial charge is 0.481 e. The lowest BCUT2D eigenvalue weighted by Gasteiger charge is -2.25. The third kappa shape index (κ3) is 4.23. The molecule has 0 amide bonds. The fourth-order valence-electron chi connectivity index (χ4n) is 2.06. The summed E-state index contributed by atoms with van der Waals surface area (Å²) in [6.07, 6.45) is 0.0302. The fourth-order valence-corrected chi connectivity index (χ4v) is 2.06.